The van der Waals surface area contributed by atoms with Crippen molar-refractivity contribution in [2.75, 3.05) is 24.7 Å². The summed E-state index contributed by atoms with van der Waals surface area (Å²) in [5, 5.41) is 1.93. The fraction of sp³-hybridized carbons (Fsp3) is 0.176. The summed E-state index contributed by atoms with van der Waals surface area (Å²) in [6, 6.07) is 31.3. The van der Waals surface area contributed by atoms with Crippen molar-refractivity contribution in [1.29, 1.82) is 0 Å². The summed E-state index contributed by atoms with van der Waals surface area (Å²) in [5.41, 5.74) is 0. The lowest BCUT2D eigenvalue weighted by atomic mass is 10.1. The Kier molecular flexibility index (Phi) is 12.0. The van der Waals surface area contributed by atoms with E-state index >= 15 is 0 Å². The number of carbonyl (C=O) groups excluding carboxylic acids is 2. The van der Waals surface area contributed by atoms with E-state index in [4.69, 9.17) is 18.9 Å². The fourth-order valence-corrected chi connectivity index (χ4v) is 5.61. The van der Waals surface area contributed by atoms with E-state index in [1.165, 1.54) is 0 Å². The molecule has 0 spiro atoms. The largest absolute Gasteiger partial charge is 0.490 e. The molecule has 0 fully saturated rings. The van der Waals surface area contributed by atoms with Crippen LogP contribution >= 0.6 is 23.5 Å². The number of hydrogen-bond acceptors (Lipinski definition) is 8. The van der Waals surface area contributed by atoms with Gasteiger partial charge in [0.15, 0.2) is 0 Å². The molecule has 2 atom stereocenters. The molecule has 0 saturated carbocycles. The van der Waals surface area contributed by atoms with E-state index in [0.717, 1.165) is 32.7 Å². The molecule has 216 valence electrons. The van der Waals surface area contributed by atoms with Crippen molar-refractivity contribution in [2.24, 2.45) is 0 Å². The lowest BCUT2D eigenvalue weighted by molar-refractivity contribution is -0.144. The first-order valence-electron chi connectivity index (χ1n) is 13.3. The highest BCUT2D eigenvalue weighted by molar-refractivity contribution is 7.99. The van der Waals surface area contributed by atoms with E-state index in [0.29, 0.717) is 23.0 Å². The highest BCUT2D eigenvalue weighted by Crippen LogP contribution is 2.27. The summed E-state index contributed by atoms with van der Waals surface area (Å²) >= 11 is 3.19. The van der Waals surface area contributed by atoms with Gasteiger partial charge < -0.3 is 18.9 Å². The number of fused-ring (bicyclic) bond motifs is 1. The van der Waals surface area contributed by atoms with E-state index in [1.54, 1.807) is 23.5 Å². The molecule has 0 aliphatic rings. The van der Waals surface area contributed by atoms with Crippen LogP contribution in [0.3, 0.4) is 0 Å². The van der Waals surface area contributed by atoms with Gasteiger partial charge in [0.2, 0.25) is 0 Å². The van der Waals surface area contributed by atoms with Crippen LogP contribution < -0.4 is 9.47 Å². The zero-order valence-corrected chi connectivity index (χ0v) is 24.7. The van der Waals surface area contributed by atoms with Crippen LogP contribution in [-0.4, -0.2) is 48.9 Å². The van der Waals surface area contributed by atoms with Crippen molar-refractivity contribution in [2.45, 2.75) is 22.0 Å². The number of rotatable bonds is 16. The van der Waals surface area contributed by atoms with Crippen LogP contribution in [0.5, 0.6) is 11.5 Å². The molecule has 0 saturated heterocycles. The normalized spacial score (nSPS) is 12.1. The second-order valence-electron chi connectivity index (χ2n) is 9.07. The third-order valence-electron chi connectivity index (χ3n) is 5.91. The topological polar surface area (TPSA) is 71.1 Å². The van der Waals surface area contributed by atoms with Gasteiger partial charge in [-0.05, 0) is 59.3 Å². The molecule has 8 heteroatoms. The van der Waals surface area contributed by atoms with Crippen LogP contribution in [0.4, 0.5) is 0 Å². The smallest absolute Gasteiger partial charge is 0.330 e. The van der Waals surface area contributed by atoms with Gasteiger partial charge in [-0.25, -0.2) is 9.59 Å². The number of hydrogen-bond donors (Lipinski definition) is 0. The minimum Gasteiger partial charge on any atom is -0.490 e. The van der Waals surface area contributed by atoms with Crippen molar-refractivity contribution in [3.63, 3.8) is 0 Å². The molecule has 0 bridgehead atoms. The zero-order chi connectivity index (χ0) is 29.6. The van der Waals surface area contributed by atoms with Crippen LogP contribution in [-0.2, 0) is 19.1 Å². The molecule has 0 heterocycles. The molecular formula is C34H32O6S2. The Labute approximate surface area is 254 Å². The van der Waals surface area contributed by atoms with E-state index < -0.39 is 24.1 Å². The lowest BCUT2D eigenvalue weighted by Crippen LogP contribution is -2.26. The van der Waals surface area contributed by atoms with Gasteiger partial charge in [0.1, 0.15) is 36.9 Å². The molecule has 42 heavy (non-hydrogen) atoms. The molecule has 0 radical (unpaired) electrons. The lowest BCUT2D eigenvalue weighted by Gasteiger charge is -2.18. The maximum atomic E-state index is 11.9. The molecule has 4 rings (SSSR count). The summed E-state index contributed by atoms with van der Waals surface area (Å²) in [5.74, 6) is 1.45. The van der Waals surface area contributed by atoms with Gasteiger partial charge in [0.05, 0.1) is 0 Å². The summed E-state index contributed by atoms with van der Waals surface area (Å²) in [7, 11) is 0. The Morgan fingerprint density at radius 2 is 1.02 bits per heavy atom. The van der Waals surface area contributed by atoms with E-state index in [1.807, 2.05) is 97.1 Å². The fourth-order valence-electron chi connectivity index (χ4n) is 3.83. The average molecular weight is 601 g/mol. The quantitative estimate of drug-likeness (QED) is 0.0750. The van der Waals surface area contributed by atoms with Gasteiger partial charge in [-0.3, -0.25) is 0 Å². The molecule has 0 aromatic heterocycles. The Bertz CT molecular complexity index is 1360. The van der Waals surface area contributed by atoms with Crippen molar-refractivity contribution in [3.05, 3.63) is 122 Å². The van der Waals surface area contributed by atoms with Gasteiger partial charge in [0, 0.05) is 33.4 Å². The van der Waals surface area contributed by atoms with Gasteiger partial charge in [-0.1, -0.05) is 61.7 Å². The van der Waals surface area contributed by atoms with Crippen LogP contribution in [0.15, 0.2) is 132 Å². The predicted octanol–water partition coefficient (Wildman–Crippen LogP) is 7.38. The first-order chi connectivity index (χ1) is 20.5. The third-order valence-corrected chi connectivity index (χ3v) is 8.20. The molecular weight excluding hydrogens is 569 g/mol. The first-order valence-corrected chi connectivity index (χ1v) is 15.3. The number of ether oxygens (including phenoxy) is 4. The molecule has 0 aliphatic carbocycles. The van der Waals surface area contributed by atoms with Crippen LogP contribution in [0.25, 0.3) is 10.8 Å². The van der Waals surface area contributed by atoms with E-state index in [2.05, 4.69) is 13.2 Å². The Morgan fingerprint density at radius 1 is 0.619 bits per heavy atom. The van der Waals surface area contributed by atoms with Gasteiger partial charge >= 0.3 is 11.9 Å². The number of benzene rings is 4. The summed E-state index contributed by atoms with van der Waals surface area (Å²) < 4.78 is 23.0. The molecule has 6 nitrogen and oxygen atoms in total. The number of carbonyl (C=O) groups is 2. The van der Waals surface area contributed by atoms with Crippen molar-refractivity contribution < 1.29 is 28.5 Å². The van der Waals surface area contributed by atoms with E-state index in [9.17, 15) is 9.59 Å². The maximum absolute atomic E-state index is 11.9. The summed E-state index contributed by atoms with van der Waals surface area (Å²) in [6.07, 6.45) is 1.42. The average Bonchev–Trinajstić information content (AvgIpc) is 3.04. The highest BCUT2D eigenvalue weighted by atomic mass is 32.2. The maximum Gasteiger partial charge on any atom is 0.330 e. The SMILES string of the molecule is C=CC(=O)OC(COc1ccc2cc(OCC(CSc3ccccc3)OC(=O)C=C)ccc2c1)CSc1ccccc1. The molecule has 0 amide bonds. The predicted molar refractivity (Wildman–Crippen MR) is 169 cm³/mol. The molecule has 4 aromatic carbocycles. The van der Waals surface area contributed by atoms with Crippen LogP contribution in [0, 0.1) is 0 Å². The Balaban J connectivity index is 1.35. The van der Waals surface area contributed by atoms with Gasteiger partial charge in [-0.2, -0.15) is 0 Å². The minimum atomic E-state index is -0.483. The van der Waals surface area contributed by atoms with Gasteiger partial charge in [-0.15, -0.1) is 23.5 Å². The monoisotopic (exact) mass is 600 g/mol. The highest BCUT2D eigenvalue weighted by Gasteiger charge is 2.16. The molecule has 0 aliphatic heterocycles. The van der Waals surface area contributed by atoms with Crippen molar-refractivity contribution in [1.82, 2.24) is 0 Å². The number of esters is 2. The van der Waals surface area contributed by atoms with E-state index in [-0.39, 0.29) is 13.2 Å². The van der Waals surface area contributed by atoms with Crippen molar-refractivity contribution in [3.8, 4) is 11.5 Å². The zero-order valence-electron chi connectivity index (χ0n) is 23.1. The second-order valence-corrected chi connectivity index (χ2v) is 11.3. The summed E-state index contributed by atoms with van der Waals surface area (Å²) in [6.45, 7) is 7.40. The molecule has 0 N–H and O–H groups in total. The Hall–Kier alpha value is -4.14. The Morgan fingerprint density at radius 3 is 1.40 bits per heavy atom. The third kappa shape index (κ3) is 10.0. The standard InChI is InChI=1S/C34H32O6S2/c1-3-33(35)39-29(23-41-31-11-7-5-8-12-31)21-37-27-17-15-26-20-28(18-16-25(26)19-27)38-22-30(40-34(36)4-2)24-42-32-13-9-6-10-14-32/h3-20,29-30H,1-2,21-24H2. The van der Waals surface area contributed by atoms with Crippen LogP contribution in [0.2, 0.25) is 0 Å². The second kappa shape index (κ2) is 16.3. The van der Waals surface area contributed by atoms with Gasteiger partial charge in [0.25, 0.3) is 0 Å². The molecule has 2 unspecified atom stereocenters. The summed E-state index contributed by atoms with van der Waals surface area (Å²) in [4.78, 5) is 25.9. The molecule has 4 aromatic rings. The van der Waals surface area contributed by atoms with Crippen molar-refractivity contribution >= 4 is 46.2 Å². The van der Waals surface area contributed by atoms with Crippen LogP contribution in [0.1, 0.15) is 0 Å². The number of thioether (sulfide) groups is 2. The first kappa shape index (κ1) is 30.8. The minimum absolute atomic E-state index is 0.206.